The van der Waals surface area contributed by atoms with Crippen molar-refractivity contribution in [3.8, 4) is 0 Å². The van der Waals surface area contributed by atoms with Crippen LogP contribution in [0.3, 0.4) is 0 Å². The lowest BCUT2D eigenvalue weighted by molar-refractivity contribution is 0.717. The standard InChI is InChI=1S/C18H21Cl3N18S3.C9H18N6S3.C4H14N2S2.C3Cl3N3.C3H2Cl2N4.C2H7NS.2CH4/c19-7-28-10(22)34-13(31-7)25-1-4-40-16-37-17(41-5-2-26-14-32-8(20)29-11(23)35-14)39-18(38-16)42-6-3-27-15-33-9(21)30-12(24)36-15;10-1-4-16-7-13-8(17-5-2-11)15-9(14-7)18-6-3-12;1-7(3-5)8(2)4-6;2*4-1-7-2(5)9-3(6)8-1;3-1-2-4;;/h1-6H2,(H3,22,25,28,31,34)(H3,23,26,29,32,35)(H3,24,27,30,33,36);1-6,10-12H2;3-6H2,1-2H3;;(H2,6,7,8,9);4H,1-3H2;2*1H4/i/hD4. The Morgan fingerprint density at radius 1 is 0.337 bits per heavy atom. The molecule has 0 amide bonds. The molecule has 514 valence electrons. The van der Waals surface area contributed by atoms with E-state index in [1.54, 1.807) is 0 Å². The maximum absolute atomic E-state index is 7.19. The van der Waals surface area contributed by atoms with Gasteiger partial charge in [0.2, 0.25) is 83.9 Å². The maximum Gasteiger partial charge on any atom is 0.228 e. The van der Waals surface area contributed by atoms with Gasteiger partial charge in [0.25, 0.3) is 0 Å². The Balaban J connectivity index is 0.00000143. The van der Waals surface area contributed by atoms with Crippen molar-refractivity contribution in [2.24, 2.45) is 34.4 Å². The zero-order valence-electron chi connectivity index (χ0n) is 50.9. The summed E-state index contributed by atoms with van der Waals surface area (Å²) in [7, 11) is 0.718. The largest absolute Gasteiger partial charge is 0.368 e. The highest BCUT2D eigenvalue weighted by atomic mass is 35.5. The van der Waals surface area contributed by atoms with E-state index in [0.717, 1.165) is 50.2 Å². The topological polar surface area (TPSA) is 567 Å². The molecule has 2 atom stereocenters. The maximum atomic E-state index is 7.19. The molecule has 51 heteroatoms. The number of nitrogens with two attached hydrogens (primary N) is 10. The molecule has 0 aromatic carbocycles. The summed E-state index contributed by atoms with van der Waals surface area (Å²) in [5, 5.41) is 12.6. The van der Waals surface area contributed by atoms with E-state index in [2.05, 4.69) is 163 Å². The van der Waals surface area contributed by atoms with Crippen LogP contribution in [0.1, 0.15) is 14.9 Å². The minimum atomic E-state index is -0.0427. The third kappa shape index (κ3) is 42.5. The summed E-state index contributed by atoms with van der Waals surface area (Å²) in [6.45, 7) is 3.83. The summed E-state index contributed by atoms with van der Waals surface area (Å²) in [4.78, 5) is 83.0. The van der Waals surface area contributed by atoms with Crippen LogP contribution in [0.15, 0.2) is 30.9 Å². The van der Waals surface area contributed by atoms with Crippen LogP contribution in [0, 0.1) is 0 Å². The van der Waals surface area contributed by atoms with Crippen LogP contribution in [0.4, 0.5) is 41.6 Å². The molecule has 34 nitrogen and oxygen atoms in total. The number of nitrogens with one attached hydrogen (secondary N) is 3. The fourth-order valence-corrected chi connectivity index (χ4v) is 12.1. The molecule has 7 heterocycles. The molecule has 0 saturated heterocycles. The van der Waals surface area contributed by atoms with E-state index in [1.165, 1.54) is 70.6 Å². The number of thiol groups is 1. The average molecular weight is 1620 g/mol. The second-order valence-electron chi connectivity index (χ2n) is 14.7. The van der Waals surface area contributed by atoms with E-state index in [4.69, 9.17) is 133 Å². The van der Waals surface area contributed by atoms with Crippen molar-refractivity contribution >= 4 is 237 Å². The number of halogens is 8. The second kappa shape index (κ2) is 53.0. The molecule has 0 fully saturated rings. The number of nitrogens with zero attached hydrogens (tertiary/aromatic N) is 21. The zero-order chi connectivity index (χ0) is 69.6. The quantitative estimate of drug-likeness (QED) is 0.0158. The summed E-state index contributed by atoms with van der Waals surface area (Å²) >= 11 is 56.9. The molecule has 7 aromatic heterocycles. The van der Waals surface area contributed by atoms with E-state index in [-0.39, 0.29) is 98.8 Å². The van der Waals surface area contributed by atoms with Gasteiger partial charge in [-0.3, -0.25) is 0 Å². The van der Waals surface area contributed by atoms with Gasteiger partial charge in [-0.05, 0) is 105 Å². The molecule has 0 aliphatic rings. The molecule has 0 saturated carbocycles. The van der Waals surface area contributed by atoms with Crippen LogP contribution in [-0.2, 0) is 18.9 Å². The molecule has 7 aromatic rings. The van der Waals surface area contributed by atoms with Gasteiger partial charge in [0.05, 0.1) is 0 Å². The highest BCUT2D eigenvalue weighted by Gasteiger charge is 2.12. The van der Waals surface area contributed by atoms with Gasteiger partial charge in [-0.1, -0.05) is 85.4 Å². The predicted molar refractivity (Wildman–Crippen MR) is 395 cm³/mol. The predicted octanol–water partition coefficient (Wildman–Crippen LogP) is 4.74. The minimum absolute atomic E-state index is 0. The van der Waals surface area contributed by atoms with Crippen molar-refractivity contribution in [2.45, 2.75) is 45.8 Å². The first-order valence-corrected chi connectivity index (χ1v) is 38.2. The fourth-order valence-electron chi connectivity index (χ4n) is 4.54. The molecule has 92 heavy (non-hydrogen) atoms. The van der Waals surface area contributed by atoms with Crippen molar-refractivity contribution in [2.75, 3.05) is 149 Å². The third-order valence-electron chi connectivity index (χ3n) is 8.09. The smallest absolute Gasteiger partial charge is 0.228 e. The van der Waals surface area contributed by atoms with Crippen LogP contribution < -0.4 is 73.3 Å². The Bertz CT molecular complexity index is 3000. The Hall–Kier alpha value is -3.10. The van der Waals surface area contributed by atoms with E-state index in [9.17, 15) is 0 Å². The van der Waals surface area contributed by atoms with Gasteiger partial charge in [0.15, 0.2) is 36.6 Å². The first kappa shape index (κ1) is 81.3. The average Bonchev–Trinajstić information content (AvgIpc) is 0.952. The lowest BCUT2D eigenvalue weighted by atomic mass is 10.7. The van der Waals surface area contributed by atoms with Crippen LogP contribution in [0.5, 0.6) is 0 Å². The lowest BCUT2D eigenvalue weighted by Crippen LogP contribution is -2.15. The van der Waals surface area contributed by atoms with Crippen molar-refractivity contribution < 1.29 is 5.65 Å². The Labute approximate surface area is 613 Å². The lowest BCUT2D eigenvalue weighted by Gasteiger charge is -2.09. The van der Waals surface area contributed by atoms with E-state index >= 15 is 0 Å². The number of aromatic nitrogens is 21. The number of hydrogen-bond acceptors (Lipinski definition) is 41. The van der Waals surface area contributed by atoms with Crippen molar-refractivity contribution in [1.29, 1.82) is 0 Å². The highest BCUT2D eigenvalue weighted by Crippen LogP contribution is 2.25. The Morgan fingerprint density at radius 3 is 0.750 bits per heavy atom. The van der Waals surface area contributed by atoms with Gasteiger partial charge in [0.1, 0.15) is 0 Å². The van der Waals surface area contributed by atoms with Crippen molar-refractivity contribution in [3.05, 3.63) is 42.3 Å². The molecule has 0 spiro atoms. The molecule has 7 rings (SSSR count). The van der Waals surface area contributed by atoms with Gasteiger partial charge in [-0.2, -0.15) is 136 Å². The first-order chi connectivity index (χ1) is 45.2. The summed E-state index contributed by atoms with van der Waals surface area (Å²) in [5.74, 6) is 7.18. The molecular formula is C41H70Cl8N34S9. The monoisotopic (exact) mass is 1610 g/mol. The van der Waals surface area contributed by atoms with Crippen LogP contribution in [0.2, 0.25) is 47.9 Å². The number of anilines is 7. The molecule has 23 N–H and O–H groups in total. The third-order valence-corrected chi connectivity index (χ3v) is 20.5. The molecule has 0 aliphatic carbocycles. The van der Waals surface area contributed by atoms with Gasteiger partial charge in [0, 0.05) is 97.8 Å². The Morgan fingerprint density at radius 2 is 0.543 bits per heavy atom. The highest BCUT2D eigenvalue weighted by molar-refractivity contribution is 8.43. The molecule has 0 bridgehead atoms. The van der Waals surface area contributed by atoms with Crippen molar-refractivity contribution in [3.63, 3.8) is 0 Å². The molecular weight excluding hydrogens is 1540 g/mol. The van der Waals surface area contributed by atoms with Gasteiger partial charge in [-0.15, -0.1) is 0 Å². The van der Waals surface area contributed by atoms with Crippen LogP contribution >= 0.6 is 176 Å². The Kier molecular flexibility index (Phi) is 46.9. The van der Waals surface area contributed by atoms with E-state index in [0.29, 0.717) is 97.4 Å². The number of thioether (sulfide) groups is 6. The summed E-state index contributed by atoms with van der Waals surface area (Å²) in [6, 6.07) is 0. The van der Waals surface area contributed by atoms with E-state index in [1.807, 2.05) is 5.73 Å². The van der Waals surface area contributed by atoms with Gasteiger partial charge < -0.3 is 73.3 Å². The van der Waals surface area contributed by atoms with Crippen LogP contribution in [-0.4, -0.2) is 215 Å². The van der Waals surface area contributed by atoms with E-state index < -0.39 is 0 Å². The number of hydrogen-bond donors (Lipinski definition) is 14. The number of nitrogen functional groups attached to an aromatic ring is 4. The molecule has 0 aliphatic heterocycles. The van der Waals surface area contributed by atoms with Crippen LogP contribution in [0.25, 0.3) is 0 Å². The first-order valence-electron chi connectivity index (χ1n) is 26.5. The molecule has 2 unspecified atom stereocenters. The molecule has 0 radical (unpaired) electrons. The van der Waals surface area contributed by atoms with Gasteiger partial charge in [-0.25, -0.2) is 0 Å². The summed E-state index contributed by atoms with van der Waals surface area (Å²) in [6.07, 6.45) is 4.33. The second-order valence-corrected chi connectivity index (χ2v) is 30.6. The minimum Gasteiger partial charge on any atom is -0.368 e. The summed E-state index contributed by atoms with van der Waals surface area (Å²) < 4.78 is 28.2. The normalized spacial score (nSPS) is 11.3. The SMILES string of the molecule is C.C.C/S(CN)=S(/C)CN.Clc1nc(Cl)nc(Cl)n1.NCCS.NCCSc1nc(SCCN)nc(SCCN)n1.[2H]Nc1nc(Cl)nc(Cl)n1.[2H]Nc1nc(Cl)nc(NCCSc2nc(SCCNc3nc(Cl)nc(N[2H])n3)nc(SCCNc3nc(Cl)nc(N[2H])n3)n2)n1. The number of rotatable bonds is 31. The fraction of sp³-hybridized carbons (Fsp3) is 0.488. The summed E-state index contributed by atoms with van der Waals surface area (Å²) in [5.41, 5.74) is 40.4. The zero-order valence-corrected chi connectivity index (χ0v) is 60.4. The van der Waals surface area contributed by atoms with Crippen molar-refractivity contribution in [1.82, 2.24) is 105 Å². The van der Waals surface area contributed by atoms with Gasteiger partial charge >= 0.3 is 0 Å².